The third kappa shape index (κ3) is 3.56. The number of ether oxygens (including phenoxy) is 1. The van der Waals surface area contributed by atoms with Crippen molar-refractivity contribution in [1.82, 2.24) is 14.6 Å². The molecule has 0 atom stereocenters. The number of thiazole rings is 1. The van der Waals surface area contributed by atoms with Crippen molar-refractivity contribution < 1.29 is 9.53 Å². The van der Waals surface area contributed by atoms with E-state index in [4.69, 9.17) is 4.74 Å². The number of benzene rings is 2. The van der Waals surface area contributed by atoms with Crippen LogP contribution in [0.15, 0.2) is 48.7 Å². The molecule has 2 heterocycles. The van der Waals surface area contributed by atoms with Gasteiger partial charge in [0.25, 0.3) is 5.91 Å². The van der Waals surface area contributed by atoms with Gasteiger partial charge in [-0.1, -0.05) is 16.6 Å². The Morgan fingerprint density at radius 1 is 1.19 bits per heavy atom. The molecule has 0 spiro atoms. The van der Waals surface area contributed by atoms with Crippen LogP contribution in [0.1, 0.15) is 20.8 Å². The topological polar surface area (TPSA) is 77.0 Å². The summed E-state index contributed by atoms with van der Waals surface area (Å²) in [5, 5.41) is 7.41. The van der Waals surface area contributed by atoms with Gasteiger partial charge in [-0.3, -0.25) is 10.1 Å². The van der Waals surface area contributed by atoms with E-state index in [1.807, 2.05) is 24.3 Å². The molecule has 0 saturated carbocycles. The van der Waals surface area contributed by atoms with E-state index in [0.717, 1.165) is 32.8 Å². The maximum Gasteiger partial charge on any atom is 0.257 e. The molecule has 0 aliphatic carbocycles. The van der Waals surface area contributed by atoms with Crippen LogP contribution >= 0.6 is 22.9 Å². The summed E-state index contributed by atoms with van der Waals surface area (Å²) in [4.78, 5) is 17.8. The van der Waals surface area contributed by atoms with Crippen LogP contribution in [0.2, 0.25) is 0 Å². The van der Waals surface area contributed by atoms with Crippen molar-refractivity contribution in [2.75, 3.05) is 12.4 Å². The first-order valence-electron chi connectivity index (χ1n) is 7.82. The number of methoxy groups -OCH3 is 1. The number of fused-ring (bicyclic) bond motifs is 1. The Balaban J connectivity index is 1.44. The van der Waals surface area contributed by atoms with Crippen LogP contribution in [0.3, 0.4) is 0 Å². The second-order valence-corrected chi connectivity index (χ2v) is 7.47. The molecule has 8 heteroatoms. The monoisotopic (exact) mass is 382 g/mol. The fraction of sp³-hybridized carbons (Fsp3) is 0.111. The highest BCUT2D eigenvalue weighted by molar-refractivity contribution is 7.15. The van der Waals surface area contributed by atoms with E-state index in [9.17, 15) is 4.79 Å². The Morgan fingerprint density at radius 2 is 2.04 bits per heavy atom. The van der Waals surface area contributed by atoms with Crippen molar-refractivity contribution >= 4 is 44.1 Å². The van der Waals surface area contributed by atoms with E-state index in [2.05, 4.69) is 19.9 Å². The molecule has 0 bridgehead atoms. The van der Waals surface area contributed by atoms with Crippen molar-refractivity contribution in [1.29, 1.82) is 0 Å². The Labute approximate surface area is 157 Å². The molecule has 6 nitrogen and oxygen atoms in total. The number of hydrogen-bond donors (Lipinski definition) is 1. The summed E-state index contributed by atoms with van der Waals surface area (Å²) in [7, 11) is 1.65. The first-order chi connectivity index (χ1) is 12.7. The van der Waals surface area contributed by atoms with Gasteiger partial charge >= 0.3 is 0 Å². The molecule has 2 aromatic heterocycles. The molecule has 0 saturated heterocycles. The molecule has 2 aromatic carbocycles. The average Bonchev–Trinajstić information content (AvgIpc) is 3.31. The Morgan fingerprint density at radius 3 is 2.85 bits per heavy atom. The largest absolute Gasteiger partial charge is 0.497 e. The predicted molar refractivity (Wildman–Crippen MR) is 103 cm³/mol. The number of hydrogen-bond acceptors (Lipinski definition) is 7. The number of nitrogens with one attached hydrogen (secondary N) is 1. The van der Waals surface area contributed by atoms with Crippen LogP contribution in [0.4, 0.5) is 5.13 Å². The highest BCUT2D eigenvalue weighted by atomic mass is 32.1. The van der Waals surface area contributed by atoms with Crippen molar-refractivity contribution in [3.05, 3.63) is 64.7 Å². The number of carbonyl (C=O) groups is 1. The average molecular weight is 382 g/mol. The Bertz CT molecular complexity index is 1060. The van der Waals surface area contributed by atoms with Crippen LogP contribution in [0, 0.1) is 0 Å². The lowest BCUT2D eigenvalue weighted by atomic mass is 10.1. The summed E-state index contributed by atoms with van der Waals surface area (Å²) < 4.78 is 9.93. The second-order valence-electron chi connectivity index (χ2n) is 5.57. The first-order valence-corrected chi connectivity index (χ1v) is 9.41. The molecule has 0 aliphatic heterocycles. The highest BCUT2D eigenvalue weighted by Gasteiger charge is 2.11. The summed E-state index contributed by atoms with van der Waals surface area (Å²) in [5.74, 6) is 0.643. The summed E-state index contributed by atoms with van der Waals surface area (Å²) >= 11 is 2.74. The van der Waals surface area contributed by atoms with Crippen LogP contribution in [0.5, 0.6) is 5.75 Å². The molecule has 1 N–H and O–H groups in total. The lowest BCUT2D eigenvalue weighted by Gasteiger charge is -2.02. The molecule has 0 aliphatic rings. The van der Waals surface area contributed by atoms with Gasteiger partial charge in [0.2, 0.25) is 0 Å². The van der Waals surface area contributed by atoms with Gasteiger partial charge in [-0.15, -0.1) is 16.4 Å². The van der Waals surface area contributed by atoms with Crippen molar-refractivity contribution in [2.24, 2.45) is 0 Å². The minimum absolute atomic E-state index is 0.189. The van der Waals surface area contributed by atoms with Gasteiger partial charge in [-0.05, 0) is 47.4 Å². The van der Waals surface area contributed by atoms with E-state index in [1.165, 1.54) is 22.9 Å². The lowest BCUT2D eigenvalue weighted by Crippen LogP contribution is -2.11. The number of amides is 1. The first kappa shape index (κ1) is 16.6. The van der Waals surface area contributed by atoms with Crippen LogP contribution < -0.4 is 10.1 Å². The molecule has 0 fully saturated rings. The fourth-order valence-electron chi connectivity index (χ4n) is 2.48. The van der Waals surface area contributed by atoms with E-state index in [1.54, 1.807) is 31.5 Å². The third-order valence-electron chi connectivity index (χ3n) is 3.82. The van der Waals surface area contributed by atoms with Gasteiger partial charge < -0.3 is 4.74 Å². The van der Waals surface area contributed by atoms with Gasteiger partial charge in [-0.25, -0.2) is 4.98 Å². The van der Waals surface area contributed by atoms with Gasteiger partial charge in [0, 0.05) is 23.1 Å². The van der Waals surface area contributed by atoms with E-state index >= 15 is 0 Å². The van der Waals surface area contributed by atoms with Crippen LogP contribution in [0.25, 0.3) is 10.2 Å². The zero-order valence-electron chi connectivity index (χ0n) is 13.8. The maximum atomic E-state index is 12.4. The van der Waals surface area contributed by atoms with Crippen LogP contribution in [-0.4, -0.2) is 27.6 Å². The minimum Gasteiger partial charge on any atom is -0.497 e. The van der Waals surface area contributed by atoms with Gasteiger partial charge in [0.15, 0.2) is 5.13 Å². The summed E-state index contributed by atoms with van der Waals surface area (Å²) in [6.07, 6.45) is 2.55. The number of rotatable bonds is 5. The molecule has 4 aromatic rings. The van der Waals surface area contributed by atoms with E-state index in [0.29, 0.717) is 10.7 Å². The molecule has 130 valence electrons. The van der Waals surface area contributed by atoms with Gasteiger partial charge in [0.1, 0.15) is 11.3 Å². The van der Waals surface area contributed by atoms with Crippen molar-refractivity contribution in [2.45, 2.75) is 6.42 Å². The normalized spacial score (nSPS) is 10.8. The standard InChI is InChI=1S/C18H14N4O2S2/c1-24-13-5-2-11(3-6-13)8-14-10-19-18(25-14)20-17(23)12-4-7-15-16(9-12)26-22-21-15/h2-7,9-10H,8H2,1H3,(H,19,20,23). The predicted octanol–water partition coefficient (Wildman–Crippen LogP) is 4.00. The van der Waals surface area contributed by atoms with E-state index in [-0.39, 0.29) is 5.91 Å². The second kappa shape index (κ2) is 7.19. The molecule has 26 heavy (non-hydrogen) atoms. The number of anilines is 1. The Kier molecular flexibility index (Phi) is 4.59. The molecule has 0 radical (unpaired) electrons. The van der Waals surface area contributed by atoms with Gasteiger partial charge in [0.05, 0.1) is 11.8 Å². The minimum atomic E-state index is -0.189. The number of carbonyl (C=O) groups excluding carboxylic acids is 1. The molecular weight excluding hydrogens is 368 g/mol. The number of aromatic nitrogens is 3. The zero-order chi connectivity index (χ0) is 17.9. The van der Waals surface area contributed by atoms with Crippen molar-refractivity contribution in [3.63, 3.8) is 0 Å². The summed E-state index contributed by atoms with van der Waals surface area (Å²) in [6.45, 7) is 0. The number of nitrogens with zero attached hydrogens (tertiary/aromatic N) is 3. The molecular formula is C18H14N4O2S2. The third-order valence-corrected chi connectivity index (χ3v) is 5.42. The Hall–Kier alpha value is -2.84. The van der Waals surface area contributed by atoms with Crippen molar-refractivity contribution in [3.8, 4) is 5.75 Å². The lowest BCUT2D eigenvalue weighted by molar-refractivity contribution is 0.102. The summed E-state index contributed by atoms with van der Waals surface area (Å²) in [5.41, 5.74) is 2.52. The molecule has 1 amide bonds. The van der Waals surface area contributed by atoms with Gasteiger partial charge in [-0.2, -0.15) is 0 Å². The zero-order valence-corrected chi connectivity index (χ0v) is 15.4. The fourth-order valence-corrected chi connectivity index (χ4v) is 3.92. The quantitative estimate of drug-likeness (QED) is 0.564. The van der Waals surface area contributed by atoms with Crippen LogP contribution in [-0.2, 0) is 6.42 Å². The highest BCUT2D eigenvalue weighted by Crippen LogP contribution is 2.23. The maximum absolute atomic E-state index is 12.4. The molecule has 4 rings (SSSR count). The SMILES string of the molecule is COc1ccc(Cc2cnc(NC(=O)c3ccc4nnsc4c3)s2)cc1. The molecule has 0 unspecified atom stereocenters. The smallest absolute Gasteiger partial charge is 0.257 e. The van der Waals surface area contributed by atoms with E-state index < -0.39 is 0 Å². The summed E-state index contributed by atoms with van der Waals surface area (Å²) in [6, 6.07) is 13.2.